The number of hydrogen-bond acceptors (Lipinski definition) is 3. The number of carboxylic acids is 1. The Morgan fingerprint density at radius 2 is 1.89 bits per heavy atom. The molecule has 4 nitrogen and oxygen atoms in total. The van der Waals surface area contributed by atoms with Crippen LogP contribution in [0.3, 0.4) is 0 Å². The number of aliphatic hydroxyl groups excluding tert-OH is 1. The van der Waals surface area contributed by atoms with Gasteiger partial charge in [-0.15, -0.1) is 0 Å². The molecule has 0 amide bonds. The van der Waals surface area contributed by atoms with Crippen LogP contribution in [0.25, 0.3) is 0 Å². The van der Waals surface area contributed by atoms with Gasteiger partial charge in [-0.2, -0.15) is 0 Å². The Labute approximate surface area is 161 Å². The molecule has 0 aromatic heterocycles. The Balaban J connectivity index is 1.70. The van der Waals surface area contributed by atoms with Crippen LogP contribution in [0.1, 0.15) is 56.9 Å². The minimum Gasteiger partial charge on any atom is -0.481 e. The van der Waals surface area contributed by atoms with Crippen LogP contribution in [0.15, 0.2) is 54.1 Å². The van der Waals surface area contributed by atoms with Crippen LogP contribution in [-0.2, 0) is 16.0 Å². The summed E-state index contributed by atoms with van der Waals surface area (Å²) in [6.45, 7) is 0. The molecule has 146 valence electrons. The van der Waals surface area contributed by atoms with E-state index in [1.165, 1.54) is 5.56 Å². The number of aryl methyl sites for hydroxylation is 1. The molecule has 4 heteroatoms. The summed E-state index contributed by atoms with van der Waals surface area (Å²) < 4.78 is 0. The van der Waals surface area contributed by atoms with Crippen molar-refractivity contribution in [1.29, 1.82) is 0 Å². The average molecular weight is 370 g/mol. The zero-order valence-corrected chi connectivity index (χ0v) is 15.8. The van der Waals surface area contributed by atoms with Gasteiger partial charge in [0.15, 0.2) is 0 Å². The molecule has 0 spiro atoms. The molecule has 2 rings (SSSR count). The monoisotopic (exact) mass is 370 g/mol. The number of carboxylic acid groups (broad SMARTS) is 1. The van der Waals surface area contributed by atoms with Crippen LogP contribution in [0, 0.1) is 5.92 Å². The Bertz CT molecular complexity index is 660. The molecule has 0 bridgehead atoms. The highest BCUT2D eigenvalue weighted by atomic mass is 16.4. The molecule has 0 aliphatic heterocycles. The van der Waals surface area contributed by atoms with Gasteiger partial charge in [0.25, 0.3) is 0 Å². The highest BCUT2D eigenvalue weighted by molar-refractivity contribution is 5.88. The summed E-state index contributed by atoms with van der Waals surface area (Å²) in [6.07, 6.45) is 11.4. The topological polar surface area (TPSA) is 74.6 Å². The number of hydrogen-bond donors (Lipinski definition) is 2. The fourth-order valence-corrected chi connectivity index (χ4v) is 3.46. The second-order valence-electron chi connectivity index (χ2n) is 7.21. The van der Waals surface area contributed by atoms with Crippen LogP contribution < -0.4 is 0 Å². The maximum atomic E-state index is 12.1. The van der Waals surface area contributed by atoms with E-state index in [2.05, 4.69) is 12.1 Å². The van der Waals surface area contributed by atoms with Gasteiger partial charge >= 0.3 is 5.97 Å². The predicted octanol–water partition coefficient (Wildman–Crippen LogP) is 4.48. The number of ketones is 1. The molecule has 1 aliphatic carbocycles. The predicted molar refractivity (Wildman–Crippen MR) is 106 cm³/mol. The summed E-state index contributed by atoms with van der Waals surface area (Å²) in [7, 11) is 0. The molecule has 1 aromatic rings. The Morgan fingerprint density at radius 1 is 1.15 bits per heavy atom. The number of aliphatic hydroxyl groups is 1. The zero-order valence-electron chi connectivity index (χ0n) is 15.8. The van der Waals surface area contributed by atoms with E-state index in [9.17, 15) is 14.7 Å². The first-order valence-electron chi connectivity index (χ1n) is 9.86. The van der Waals surface area contributed by atoms with E-state index >= 15 is 0 Å². The molecule has 2 unspecified atom stereocenters. The van der Waals surface area contributed by atoms with Crippen LogP contribution in [0.4, 0.5) is 0 Å². The van der Waals surface area contributed by atoms with Gasteiger partial charge in [0.05, 0.1) is 6.10 Å². The summed E-state index contributed by atoms with van der Waals surface area (Å²) in [6, 6.07) is 10.2. The molecule has 27 heavy (non-hydrogen) atoms. The maximum Gasteiger partial charge on any atom is 0.303 e. The van der Waals surface area contributed by atoms with Gasteiger partial charge < -0.3 is 10.2 Å². The number of unbranched alkanes of at least 4 members (excludes halogenated alkanes) is 1. The van der Waals surface area contributed by atoms with E-state index < -0.39 is 5.97 Å². The first-order chi connectivity index (χ1) is 13.1. The molecule has 0 fully saturated rings. The van der Waals surface area contributed by atoms with E-state index in [4.69, 9.17) is 5.11 Å². The standard InChI is InChI=1S/C23H30O4/c24-20(15-12-18-8-4-3-5-9-18)16-13-19-14-17-22(25)21(19)10-6-1-2-7-11-23(26)27/h1,3-6,8-9,14,20-21,24H,2,7,10-13,15-17H2,(H,26,27). The van der Waals surface area contributed by atoms with Gasteiger partial charge in [-0.25, -0.2) is 0 Å². The van der Waals surface area contributed by atoms with Crippen molar-refractivity contribution in [3.8, 4) is 0 Å². The van der Waals surface area contributed by atoms with E-state index in [0.29, 0.717) is 25.7 Å². The second kappa shape index (κ2) is 11.5. The minimum atomic E-state index is -0.773. The number of carbonyl (C=O) groups is 2. The molecule has 0 saturated heterocycles. The van der Waals surface area contributed by atoms with Crippen LogP contribution in [-0.4, -0.2) is 28.1 Å². The highest BCUT2D eigenvalue weighted by Gasteiger charge is 2.26. The number of rotatable bonds is 12. The smallest absolute Gasteiger partial charge is 0.303 e. The first kappa shape index (κ1) is 21.1. The largest absolute Gasteiger partial charge is 0.481 e. The lowest BCUT2D eigenvalue weighted by molar-refractivity contribution is -0.137. The summed E-state index contributed by atoms with van der Waals surface area (Å²) in [5, 5.41) is 18.9. The first-order valence-corrected chi connectivity index (χ1v) is 9.86. The SMILES string of the molecule is O=C(O)CCCC=CCC1C(=O)CC=C1CCC(O)CCc1ccccc1. The van der Waals surface area contributed by atoms with Crippen molar-refractivity contribution in [1.82, 2.24) is 0 Å². The summed E-state index contributed by atoms with van der Waals surface area (Å²) >= 11 is 0. The molecule has 1 aromatic carbocycles. The van der Waals surface area contributed by atoms with Crippen LogP contribution in [0.2, 0.25) is 0 Å². The van der Waals surface area contributed by atoms with Gasteiger partial charge in [0, 0.05) is 18.8 Å². The summed E-state index contributed by atoms with van der Waals surface area (Å²) in [5.41, 5.74) is 2.38. The third-order valence-corrected chi connectivity index (χ3v) is 5.08. The summed E-state index contributed by atoms with van der Waals surface area (Å²) in [4.78, 5) is 22.6. The fourth-order valence-electron chi connectivity index (χ4n) is 3.46. The van der Waals surface area contributed by atoms with Crippen LogP contribution >= 0.6 is 0 Å². The van der Waals surface area contributed by atoms with Gasteiger partial charge in [-0.3, -0.25) is 9.59 Å². The van der Waals surface area contributed by atoms with Crippen molar-refractivity contribution in [2.75, 3.05) is 0 Å². The van der Waals surface area contributed by atoms with Crippen molar-refractivity contribution in [3.05, 3.63) is 59.7 Å². The van der Waals surface area contributed by atoms with Gasteiger partial charge in [0.1, 0.15) is 5.78 Å². The van der Waals surface area contributed by atoms with Gasteiger partial charge in [0.2, 0.25) is 0 Å². The molecule has 0 radical (unpaired) electrons. The third-order valence-electron chi connectivity index (χ3n) is 5.08. The quantitative estimate of drug-likeness (QED) is 0.420. The number of benzene rings is 1. The number of Topliss-reactive ketones (excluding diaryl/α,β-unsaturated/α-hetero) is 1. The zero-order chi connectivity index (χ0) is 19.5. The summed E-state index contributed by atoms with van der Waals surface area (Å²) in [5.74, 6) is -0.591. The fraction of sp³-hybridized carbons (Fsp3) is 0.478. The molecule has 0 heterocycles. The highest BCUT2D eigenvalue weighted by Crippen LogP contribution is 2.30. The molecule has 2 N–H and O–H groups in total. The minimum absolute atomic E-state index is 0.0675. The van der Waals surface area contributed by atoms with Gasteiger partial charge in [-0.05, 0) is 50.5 Å². The maximum absolute atomic E-state index is 12.1. The Kier molecular flexibility index (Phi) is 8.99. The lowest BCUT2D eigenvalue weighted by atomic mass is 9.91. The molecule has 1 aliphatic rings. The van der Waals surface area contributed by atoms with E-state index in [1.807, 2.05) is 36.4 Å². The van der Waals surface area contributed by atoms with E-state index in [1.54, 1.807) is 0 Å². The second-order valence-corrected chi connectivity index (χ2v) is 7.21. The number of allylic oxidation sites excluding steroid dienone is 4. The molecular weight excluding hydrogens is 340 g/mol. The number of carbonyl (C=O) groups excluding carboxylic acids is 1. The third kappa shape index (κ3) is 7.92. The molecule has 0 saturated carbocycles. The van der Waals surface area contributed by atoms with Crippen LogP contribution in [0.5, 0.6) is 0 Å². The van der Waals surface area contributed by atoms with E-state index in [-0.39, 0.29) is 24.2 Å². The molecule has 2 atom stereocenters. The van der Waals surface area contributed by atoms with Crippen molar-refractivity contribution in [2.24, 2.45) is 5.92 Å². The number of aliphatic carboxylic acids is 1. The van der Waals surface area contributed by atoms with Crippen molar-refractivity contribution in [2.45, 2.75) is 63.9 Å². The average Bonchev–Trinajstić information content (AvgIpc) is 3.01. The van der Waals surface area contributed by atoms with E-state index in [0.717, 1.165) is 31.3 Å². The Hall–Kier alpha value is -2.20. The van der Waals surface area contributed by atoms with Crippen molar-refractivity contribution in [3.63, 3.8) is 0 Å². The molecular formula is C23H30O4. The Morgan fingerprint density at radius 3 is 2.63 bits per heavy atom. The van der Waals surface area contributed by atoms with Gasteiger partial charge in [-0.1, -0.05) is 54.1 Å². The lowest BCUT2D eigenvalue weighted by Crippen LogP contribution is -2.13. The lowest BCUT2D eigenvalue weighted by Gasteiger charge is -2.15. The van der Waals surface area contributed by atoms with Crippen molar-refractivity contribution < 1.29 is 19.8 Å². The van der Waals surface area contributed by atoms with Crippen molar-refractivity contribution >= 4 is 11.8 Å². The normalized spacial score (nSPS) is 18.0.